The third-order valence-electron chi connectivity index (χ3n) is 1.86. The molecule has 0 aromatic heterocycles. The predicted molar refractivity (Wildman–Crippen MR) is 47.5 cm³/mol. The first-order valence-corrected chi connectivity index (χ1v) is 4.01. The third kappa shape index (κ3) is 2.16. The van der Waals surface area contributed by atoms with Gasteiger partial charge >= 0.3 is 5.97 Å². The Kier molecular flexibility index (Phi) is 2.96. The summed E-state index contributed by atoms with van der Waals surface area (Å²) in [5.41, 5.74) is 0.298. The highest BCUT2D eigenvalue weighted by molar-refractivity contribution is 6.02. The summed E-state index contributed by atoms with van der Waals surface area (Å²) < 4.78 is 12.5. The second-order valence-electron chi connectivity index (χ2n) is 2.93. The van der Waals surface area contributed by atoms with Gasteiger partial charge in [-0.25, -0.2) is 4.39 Å². The summed E-state index contributed by atoms with van der Waals surface area (Å²) in [6.07, 6.45) is 0. The van der Waals surface area contributed by atoms with Gasteiger partial charge in [-0.1, -0.05) is 12.1 Å². The third-order valence-corrected chi connectivity index (χ3v) is 1.86. The zero-order chi connectivity index (χ0) is 10.7. The van der Waals surface area contributed by atoms with Crippen molar-refractivity contribution in [3.8, 4) is 0 Å². The Morgan fingerprint density at radius 3 is 2.14 bits per heavy atom. The average molecular weight is 196 g/mol. The molecule has 0 aliphatic rings. The molecule has 0 amide bonds. The minimum atomic E-state index is -1.22. The maximum absolute atomic E-state index is 12.5. The highest BCUT2D eigenvalue weighted by atomic mass is 19.1. The molecule has 0 spiro atoms. The van der Waals surface area contributed by atoms with E-state index in [0.29, 0.717) is 5.56 Å². The summed E-state index contributed by atoms with van der Waals surface area (Å²) in [7, 11) is 0. The van der Waals surface area contributed by atoms with Crippen molar-refractivity contribution >= 4 is 11.8 Å². The Balaban J connectivity index is 3.06. The van der Waals surface area contributed by atoms with Gasteiger partial charge in [-0.15, -0.1) is 0 Å². The number of aliphatic carboxylic acids is 1. The van der Waals surface area contributed by atoms with E-state index in [4.69, 9.17) is 5.11 Å². The molecule has 0 aliphatic heterocycles. The highest BCUT2D eigenvalue weighted by Crippen LogP contribution is 2.17. The summed E-state index contributed by atoms with van der Waals surface area (Å²) in [4.78, 5) is 21.7. The minimum absolute atomic E-state index is 0.298. The van der Waals surface area contributed by atoms with E-state index in [0.717, 1.165) is 12.1 Å². The smallest absolute Gasteiger partial charge is 0.318 e. The Hall–Kier alpha value is -1.71. The Morgan fingerprint density at radius 1 is 1.29 bits per heavy atom. The van der Waals surface area contributed by atoms with Gasteiger partial charge in [0.2, 0.25) is 0 Å². The second kappa shape index (κ2) is 4.00. The van der Waals surface area contributed by atoms with E-state index < -0.39 is 23.5 Å². The molecule has 1 unspecified atom stereocenters. The van der Waals surface area contributed by atoms with E-state index in [1.165, 1.54) is 19.1 Å². The van der Waals surface area contributed by atoms with Gasteiger partial charge in [0.1, 0.15) is 17.5 Å². The lowest BCUT2D eigenvalue weighted by atomic mass is 9.96. The molecule has 1 aromatic carbocycles. The molecule has 1 N–H and O–H groups in total. The number of carboxylic acid groups (broad SMARTS) is 1. The first kappa shape index (κ1) is 10.4. The molecule has 1 aromatic rings. The van der Waals surface area contributed by atoms with Gasteiger partial charge in [0, 0.05) is 0 Å². The fourth-order valence-corrected chi connectivity index (χ4v) is 1.21. The molecule has 4 heteroatoms. The molecular weight excluding hydrogens is 187 g/mol. The van der Waals surface area contributed by atoms with Crippen LogP contribution in [0.5, 0.6) is 0 Å². The quantitative estimate of drug-likeness (QED) is 0.747. The monoisotopic (exact) mass is 196 g/mol. The second-order valence-corrected chi connectivity index (χ2v) is 2.93. The van der Waals surface area contributed by atoms with Crippen LogP contribution in [0.2, 0.25) is 0 Å². The van der Waals surface area contributed by atoms with Crippen molar-refractivity contribution in [3.63, 3.8) is 0 Å². The number of rotatable bonds is 3. The van der Waals surface area contributed by atoms with Gasteiger partial charge in [-0.3, -0.25) is 9.59 Å². The van der Waals surface area contributed by atoms with E-state index >= 15 is 0 Å². The molecule has 0 saturated heterocycles. The first-order valence-electron chi connectivity index (χ1n) is 4.01. The van der Waals surface area contributed by atoms with Crippen LogP contribution in [0.15, 0.2) is 24.3 Å². The molecule has 14 heavy (non-hydrogen) atoms. The van der Waals surface area contributed by atoms with Gasteiger partial charge in [0.05, 0.1) is 0 Å². The Bertz CT molecular complexity index is 342. The van der Waals surface area contributed by atoms with Crippen LogP contribution in [0.4, 0.5) is 4.39 Å². The SMILES string of the molecule is CC(=O)C(C(=O)O)c1ccc(F)cc1. The number of carboxylic acids is 1. The molecule has 1 rings (SSSR count). The standard InChI is InChI=1S/C10H9FO3/c1-6(12)9(10(13)14)7-2-4-8(11)5-3-7/h2-5,9H,1H3,(H,13,14). The lowest BCUT2D eigenvalue weighted by Crippen LogP contribution is -2.18. The summed E-state index contributed by atoms with van der Waals surface area (Å²) >= 11 is 0. The lowest BCUT2D eigenvalue weighted by Gasteiger charge is -2.08. The molecule has 1 atom stereocenters. The molecule has 0 bridgehead atoms. The fourth-order valence-electron chi connectivity index (χ4n) is 1.21. The fraction of sp³-hybridized carbons (Fsp3) is 0.200. The van der Waals surface area contributed by atoms with Crippen LogP contribution in [-0.4, -0.2) is 16.9 Å². The summed E-state index contributed by atoms with van der Waals surface area (Å²) in [6, 6.07) is 4.87. The van der Waals surface area contributed by atoms with Gasteiger partial charge in [-0.05, 0) is 24.6 Å². The van der Waals surface area contributed by atoms with Crippen molar-refractivity contribution in [2.75, 3.05) is 0 Å². The number of halogens is 1. The van der Waals surface area contributed by atoms with Crippen LogP contribution in [0.1, 0.15) is 18.4 Å². The van der Waals surface area contributed by atoms with E-state index in [-0.39, 0.29) is 0 Å². The van der Waals surface area contributed by atoms with Crippen molar-refractivity contribution in [1.82, 2.24) is 0 Å². The van der Waals surface area contributed by atoms with Gasteiger partial charge < -0.3 is 5.11 Å². The summed E-state index contributed by atoms with van der Waals surface area (Å²) in [5.74, 6) is -3.34. The molecule has 0 heterocycles. The number of Topliss-reactive ketones (excluding diaryl/α,β-unsaturated/α-hetero) is 1. The zero-order valence-electron chi connectivity index (χ0n) is 7.53. The number of carbonyl (C=O) groups excluding carboxylic acids is 1. The highest BCUT2D eigenvalue weighted by Gasteiger charge is 2.24. The van der Waals surface area contributed by atoms with Gasteiger partial charge in [0.25, 0.3) is 0 Å². The van der Waals surface area contributed by atoms with Crippen LogP contribution in [0, 0.1) is 5.82 Å². The minimum Gasteiger partial charge on any atom is -0.480 e. The largest absolute Gasteiger partial charge is 0.480 e. The Morgan fingerprint density at radius 2 is 1.79 bits per heavy atom. The van der Waals surface area contributed by atoms with Crippen molar-refractivity contribution in [2.24, 2.45) is 0 Å². The van der Waals surface area contributed by atoms with Crippen molar-refractivity contribution in [2.45, 2.75) is 12.8 Å². The number of ketones is 1. The van der Waals surface area contributed by atoms with E-state index in [1.807, 2.05) is 0 Å². The number of hydrogen-bond donors (Lipinski definition) is 1. The molecular formula is C10H9FO3. The molecule has 0 saturated carbocycles. The van der Waals surface area contributed by atoms with Crippen LogP contribution >= 0.6 is 0 Å². The molecule has 0 fully saturated rings. The lowest BCUT2D eigenvalue weighted by molar-refractivity contribution is -0.142. The summed E-state index contributed by atoms with van der Waals surface area (Å²) in [6.45, 7) is 1.20. The average Bonchev–Trinajstić information content (AvgIpc) is 2.07. The molecule has 3 nitrogen and oxygen atoms in total. The van der Waals surface area contributed by atoms with Crippen LogP contribution in [0.25, 0.3) is 0 Å². The first-order chi connectivity index (χ1) is 6.52. The Labute approximate surface area is 80.2 Å². The van der Waals surface area contributed by atoms with E-state index in [1.54, 1.807) is 0 Å². The van der Waals surface area contributed by atoms with Crippen molar-refractivity contribution < 1.29 is 19.1 Å². The molecule has 0 radical (unpaired) electrons. The predicted octanol–water partition coefficient (Wildman–Crippen LogP) is 1.58. The van der Waals surface area contributed by atoms with Crippen molar-refractivity contribution in [1.29, 1.82) is 0 Å². The van der Waals surface area contributed by atoms with Crippen LogP contribution in [0.3, 0.4) is 0 Å². The number of hydrogen-bond acceptors (Lipinski definition) is 2. The summed E-state index contributed by atoms with van der Waals surface area (Å²) in [5, 5.41) is 8.75. The van der Waals surface area contributed by atoms with Gasteiger partial charge in [-0.2, -0.15) is 0 Å². The van der Waals surface area contributed by atoms with E-state index in [9.17, 15) is 14.0 Å². The maximum Gasteiger partial charge on any atom is 0.318 e. The maximum atomic E-state index is 12.5. The normalized spacial score (nSPS) is 12.1. The molecule has 74 valence electrons. The van der Waals surface area contributed by atoms with E-state index in [2.05, 4.69) is 0 Å². The molecule has 0 aliphatic carbocycles. The van der Waals surface area contributed by atoms with Crippen LogP contribution < -0.4 is 0 Å². The van der Waals surface area contributed by atoms with Gasteiger partial charge in [0.15, 0.2) is 0 Å². The topological polar surface area (TPSA) is 54.4 Å². The van der Waals surface area contributed by atoms with Crippen LogP contribution in [-0.2, 0) is 9.59 Å². The zero-order valence-corrected chi connectivity index (χ0v) is 7.53. The number of benzene rings is 1. The number of carbonyl (C=O) groups is 2. The van der Waals surface area contributed by atoms with Crippen molar-refractivity contribution in [3.05, 3.63) is 35.6 Å².